The molecule has 0 spiro atoms. The van der Waals surface area contributed by atoms with Crippen molar-refractivity contribution in [2.24, 2.45) is 7.05 Å². The van der Waals surface area contributed by atoms with E-state index in [4.69, 9.17) is 0 Å². The van der Waals surface area contributed by atoms with Gasteiger partial charge in [-0.25, -0.2) is 13.4 Å². The largest absolute Gasteiger partial charge is 0.459 e. The molecule has 0 aromatic carbocycles. The molecule has 1 fully saturated rings. The molecule has 41 heavy (non-hydrogen) atoms. The number of hydrogen-bond donors (Lipinski definition) is 0. The number of fused-ring (bicyclic) bond motifs is 1. The second kappa shape index (κ2) is 9.12. The Morgan fingerprint density at radius 3 is 2.24 bits per heavy atom. The first-order chi connectivity index (χ1) is 18.9. The van der Waals surface area contributed by atoms with E-state index in [1.54, 1.807) is 0 Å². The van der Waals surface area contributed by atoms with Crippen LogP contribution in [0.1, 0.15) is 31.2 Å². The smallest absolute Gasteiger partial charge is 0.309 e. The van der Waals surface area contributed by atoms with Crippen molar-refractivity contribution in [2.75, 3.05) is 5.75 Å². The molecule has 1 aliphatic rings. The number of aromatic nitrogens is 6. The average molecular weight is 606 g/mol. The molecule has 4 aromatic heterocycles. The number of nitrogens with zero attached hydrogens (tertiary/aromatic N) is 6. The van der Waals surface area contributed by atoms with Crippen molar-refractivity contribution < 1.29 is 43.5 Å². The Labute approximate surface area is 226 Å². The summed E-state index contributed by atoms with van der Waals surface area (Å²) in [5.41, 5.74) is -4.85. The summed E-state index contributed by atoms with van der Waals surface area (Å²) >= 11 is 0. The Kier molecular flexibility index (Phi) is 6.40. The van der Waals surface area contributed by atoms with Crippen LogP contribution in [0.3, 0.4) is 0 Å². The fraction of sp³-hybridized carbons (Fsp3) is 0.375. The lowest BCUT2D eigenvalue weighted by Gasteiger charge is -2.19. The van der Waals surface area contributed by atoms with Crippen molar-refractivity contribution in [3.63, 3.8) is 0 Å². The van der Waals surface area contributed by atoms with Gasteiger partial charge in [0.1, 0.15) is 22.3 Å². The van der Waals surface area contributed by atoms with Crippen molar-refractivity contribution in [1.29, 1.82) is 0 Å². The quantitative estimate of drug-likeness (QED) is 0.266. The zero-order chi connectivity index (χ0) is 30.2. The van der Waals surface area contributed by atoms with Crippen LogP contribution in [0.25, 0.3) is 33.9 Å². The predicted octanol–water partition coefficient (Wildman–Crippen LogP) is 5.53. The summed E-state index contributed by atoms with van der Waals surface area (Å²) in [6, 6.07) is 5.54. The Bertz CT molecular complexity index is 1780. The lowest BCUT2D eigenvalue weighted by molar-refractivity contribution is -0.291. The lowest BCUT2D eigenvalue weighted by atomic mass is 10.0. The minimum absolute atomic E-state index is 0.0273. The lowest BCUT2D eigenvalue weighted by Crippen LogP contribution is -2.34. The van der Waals surface area contributed by atoms with E-state index < -0.39 is 55.4 Å². The highest BCUT2D eigenvalue weighted by atomic mass is 32.2. The van der Waals surface area contributed by atoms with Crippen LogP contribution in [0.2, 0.25) is 0 Å². The van der Waals surface area contributed by atoms with Crippen LogP contribution < -0.4 is 0 Å². The van der Waals surface area contributed by atoms with Gasteiger partial charge in [0, 0.05) is 18.8 Å². The van der Waals surface area contributed by atoms with Crippen LogP contribution in [0, 0.1) is 0 Å². The maximum absolute atomic E-state index is 13.8. The number of sulfone groups is 1. The van der Waals surface area contributed by atoms with Crippen LogP contribution >= 0.6 is 0 Å². The van der Waals surface area contributed by atoms with Crippen LogP contribution in [0.15, 0.2) is 41.4 Å². The maximum atomic E-state index is 13.8. The highest BCUT2D eigenvalue weighted by molar-refractivity contribution is 7.91. The van der Waals surface area contributed by atoms with Gasteiger partial charge in [0.15, 0.2) is 21.3 Å². The average Bonchev–Trinajstić information content (AvgIpc) is 3.67. The number of halogens is 8. The van der Waals surface area contributed by atoms with E-state index >= 15 is 0 Å². The molecule has 17 heteroatoms. The number of hydrogen-bond acceptors (Lipinski definition) is 7. The summed E-state index contributed by atoms with van der Waals surface area (Å²) in [4.78, 5) is 11.9. The van der Waals surface area contributed by atoms with Crippen molar-refractivity contribution in [3.8, 4) is 22.8 Å². The maximum Gasteiger partial charge on any atom is 0.459 e. The van der Waals surface area contributed by atoms with Gasteiger partial charge in [-0.15, -0.1) is 10.2 Å². The summed E-state index contributed by atoms with van der Waals surface area (Å²) in [6.45, 7) is 1.33. The SMILES string of the molecule is CCS(=O)(=O)c1cc(-c2cccc(C3(C(F)(F)F)CC3)n2)cnc1-c1nc2cc(C(F)(F)C(F)(F)F)nnc2n1C. The van der Waals surface area contributed by atoms with E-state index in [9.17, 15) is 43.5 Å². The normalized spacial score (nSPS) is 15.9. The van der Waals surface area contributed by atoms with Gasteiger partial charge in [-0.2, -0.15) is 35.1 Å². The molecule has 8 nitrogen and oxygen atoms in total. The molecule has 218 valence electrons. The molecular weight excluding hydrogens is 588 g/mol. The fourth-order valence-electron chi connectivity index (χ4n) is 4.31. The molecule has 0 amide bonds. The van der Waals surface area contributed by atoms with Crippen LogP contribution in [0.5, 0.6) is 0 Å². The molecule has 1 saturated carbocycles. The molecule has 0 bridgehead atoms. The van der Waals surface area contributed by atoms with Gasteiger partial charge in [0.25, 0.3) is 0 Å². The standard InChI is InChI=1S/C24H18F8N6O2S/c1-3-41(39,40)15-9-12(13-5-4-6-16(34-13)21(7-8-21)23(27,28)29)11-33-18(15)20-35-14-10-17(22(25,26)24(30,31)32)36-37-19(14)38(20)2/h4-6,9-11H,3,7-8H2,1-2H3. The number of imidazole rings is 1. The first kappa shape index (κ1) is 28.8. The minimum atomic E-state index is -5.95. The summed E-state index contributed by atoms with van der Waals surface area (Å²) in [5, 5.41) is 6.43. The zero-order valence-corrected chi connectivity index (χ0v) is 21.8. The first-order valence-corrected chi connectivity index (χ1v) is 13.5. The first-order valence-electron chi connectivity index (χ1n) is 11.9. The number of pyridine rings is 2. The third kappa shape index (κ3) is 4.59. The van der Waals surface area contributed by atoms with Gasteiger partial charge < -0.3 is 4.57 Å². The molecule has 0 radical (unpaired) electrons. The number of alkyl halides is 8. The van der Waals surface area contributed by atoms with E-state index in [0.717, 1.165) is 16.8 Å². The molecule has 0 atom stereocenters. The van der Waals surface area contributed by atoms with Gasteiger partial charge in [0.05, 0.1) is 22.0 Å². The van der Waals surface area contributed by atoms with Crippen molar-refractivity contribution >= 4 is 21.0 Å². The molecule has 5 rings (SSSR count). The molecular formula is C24H18F8N6O2S. The second-order valence-corrected chi connectivity index (χ2v) is 11.7. The molecule has 0 unspecified atom stereocenters. The van der Waals surface area contributed by atoms with E-state index in [-0.39, 0.29) is 47.0 Å². The van der Waals surface area contributed by atoms with Gasteiger partial charge in [-0.1, -0.05) is 13.0 Å². The summed E-state index contributed by atoms with van der Waals surface area (Å²) in [7, 11) is -2.79. The van der Waals surface area contributed by atoms with Gasteiger partial charge in [0.2, 0.25) is 0 Å². The predicted molar refractivity (Wildman–Crippen MR) is 127 cm³/mol. The highest BCUT2D eigenvalue weighted by Crippen LogP contribution is 2.58. The molecule has 4 aromatic rings. The summed E-state index contributed by atoms with van der Waals surface area (Å²) < 4.78 is 134. The van der Waals surface area contributed by atoms with E-state index in [2.05, 4.69) is 25.1 Å². The number of rotatable bonds is 6. The monoisotopic (exact) mass is 606 g/mol. The zero-order valence-electron chi connectivity index (χ0n) is 21.0. The van der Waals surface area contributed by atoms with Crippen LogP contribution in [0.4, 0.5) is 35.1 Å². The third-order valence-corrected chi connectivity index (χ3v) is 8.64. The Balaban J connectivity index is 1.64. The van der Waals surface area contributed by atoms with Crippen molar-refractivity contribution in [2.45, 2.75) is 48.4 Å². The number of aryl methyl sites for hydroxylation is 1. The van der Waals surface area contributed by atoms with Crippen LogP contribution in [-0.2, 0) is 28.2 Å². The topological polar surface area (TPSA) is 104 Å². The Morgan fingerprint density at radius 1 is 0.976 bits per heavy atom. The third-order valence-electron chi connectivity index (χ3n) is 6.90. The van der Waals surface area contributed by atoms with E-state index in [1.807, 2.05) is 0 Å². The summed E-state index contributed by atoms with van der Waals surface area (Å²) in [5.74, 6) is -5.99. The highest BCUT2D eigenvalue weighted by Gasteiger charge is 2.65. The van der Waals surface area contributed by atoms with E-state index in [1.165, 1.54) is 32.2 Å². The van der Waals surface area contributed by atoms with Crippen molar-refractivity contribution in [3.05, 3.63) is 47.9 Å². The Morgan fingerprint density at radius 2 is 1.66 bits per heavy atom. The second-order valence-electron chi connectivity index (χ2n) is 9.47. The van der Waals surface area contributed by atoms with Gasteiger partial charge in [-0.3, -0.25) is 9.97 Å². The minimum Gasteiger partial charge on any atom is -0.309 e. The molecule has 0 aliphatic heterocycles. The molecule has 1 aliphatic carbocycles. The summed E-state index contributed by atoms with van der Waals surface area (Å²) in [6.07, 6.45) is -9.59. The fourth-order valence-corrected chi connectivity index (χ4v) is 5.37. The van der Waals surface area contributed by atoms with E-state index in [0.29, 0.717) is 6.07 Å². The van der Waals surface area contributed by atoms with Gasteiger partial charge in [-0.05, 0) is 37.1 Å². The van der Waals surface area contributed by atoms with Crippen molar-refractivity contribution in [1.82, 2.24) is 29.7 Å². The molecule has 4 heterocycles. The molecule has 0 N–H and O–H groups in total. The molecule has 0 saturated heterocycles. The van der Waals surface area contributed by atoms with Gasteiger partial charge >= 0.3 is 18.3 Å². The van der Waals surface area contributed by atoms with Crippen LogP contribution in [-0.4, -0.2) is 56.2 Å². The Hall–Kier alpha value is -3.76.